The highest BCUT2D eigenvalue weighted by molar-refractivity contribution is 7.07. The van der Waals surface area contributed by atoms with E-state index < -0.39 is 0 Å². The zero-order chi connectivity index (χ0) is 9.10. The molecule has 66 valence electrons. The van der Waals surface area contributed by atoms with Gasteiger partial charge in [-0.05, 0) is 0 Å². The Morgan fingerprint density at radius 3 is 3.15 bits per heavy atom. The van der Waals surface area contributed by atoms with Crippen molar-refractivity contribution in [2.24, 2.45) is 0 Å². The third kappa shape index (κ3) is 1.65. The number of aldehydes is 1. The largest absolute Gasteiger partial charge is 0.323 e. The fourth-order valence-corrected chi connectivity index (χ4v) is 1.61. The Morgan fingerprint density at radius 2 is 2.46 bits per heavy atom. The third-order valence-electron chi connectivity index (χ3n) is 1.67. The highest BCUT2D eigenvalue weighted by atomic mass is 32.1. The minimum Gasteiger partial charge on any atom is -0.323 e. The number of carbonyl (C=O) groups is 1. The number of imidazole rings is 1. The third-order valence-corrected chi connectivity index (χ3v) is 2.30. The van der Waals surface area contributed by atoms with Crippen LogP contribution in [0.1, 0.15) is 16.3 Å². The summed E-state index contributed by atoms with van der Waals surface area (Å²) in [5.41, 5.74) is 2.72. The van der Waals surface area contributed by atoms with Gasteiger partial charge >= 0.3 is 0 Å². The standard InChI is InChI=1S/C8H7N3OS/c12-4-8-9-1-2-11(8)3-7-5-13-6-10-7/h1-2,4-6H,3H2. The van der Waals surface area contributed by atoms with E-state index in [2.05, 4.69) is 9.97 Å². The summed E-state index contributed by atoms with van der Waals surface area (Å²) >= 11 is 1.54. The second-order valence-corrected chi connectivity index (χ2v) is 3.23. The molecule has 2 aromatic heterocycles. The summed E-state index contributed by atoms with van der Waals surface area (Å²) in [6, 6.07) is 0. The molecule has 0 aliphatic rings. The molecule has 4 nitrogen and oxygen atoms in total. The van der Waals surface area contributed by atoms with Crippen LogP contribution in [0.4, 0.5) is 0 Å². The summed E-state index contributed by atoms with van der Waals surface area (Å²) in [6.07, 6.45) is 4.12. The molecule has 0 aromatic carbocycles. The molecule has 2 rings (SSSR count). The maximum Gasteiger partial charge on any atom is 0.185 e. The maximum absolute atomic E-state index is 10.5. The summed E-state index contributed by atoms with van der Waals surface area (Å²) < 4.78 is 1.77. The zero-order valence-electron chi connectivity index (χ0n) is 6.75. The predicted molar refractivity (Wildman–Crippen MR) is 48.8 cm³/mol. The van der Waals surface area contributed by atoms with Crippen LogP contribution in [0.15, 0.2) is 23.3 Å². The van der Waals surface area contributed by atoms with E-state index in [9.17, 15) is 4.79 Å². The second-order valence-electron chi connectivity index (χ2n) is 2.51. The van der Waals surface area contributed by atoms with Gasteiger partial charge in [-0.2, -0.15) is 0 Å². The van der Waals surface area contributed by atoms with Gasteiger partial charge in [-0.3, -0.25) is 4.79 Å². The molecule has 0 unspecified atom stereocenters. The second kappa shape index (κ2) is 3.49. The number of thiazole rings is 1. The molecule has 5 heteroatoms. The average molecular weight is 193 g/mol. The molecule has 0 atom stereocenters. The van der Waals surface area contributed by atoms with E-state index in [0.717, 1.165) is 12.0 Å². The van der Waals surface area contributed by atoms with E-state index in [0.29, 0.717) is 12.4 Å². The first kappa shape index (κ1) is 8.12. The molecule has 0 amide bonds. The quantitative estimate of drug-likeness (QED) is 0.688. The van der Waals surface area contributed by atoms with Crippen LogP contribution in [-0.4, -0.2) is 20.8 Å². The van der Waals surface area contributed by atoms with E-state index >= 15 is 0 Å². The smallest absolute Gasteiger partial charge is 0.185 e. The van der Waals surface area contributed by atoms with Crippen LogP contribution >= 0.6 is 11.3 Å². The maximum atomic E-state index is 10.5. The molecule has 13 heavy (non-hydrogen) atoms. The van der Waals surface area contributed by atoms with Gasteiger partial charge in [0.2, 0.25) is 0 Å². The minimum absolute atomic E-state index is 0.438. The number of hydrogen-bond donors (Lipinski definition) is 0. The average Bonchev–Trinajstić information content (AvgIpc) is 2.76. The number of aromatic nitrogens is 3. The first-order valence-corrected chi connectivity index (χ1v) is 4.68. The van der Waals surface area contributed by atoms with Crippen molar-refractivity contribution in [1.82, 2.24) is 14.5 Å². The zero-order valence-corrected chi connectivity index (χ0v) is 7.57. The van der Waals surface area contributed by atoms with Gasteiger partial charge < -0.3 is 4.57 Å². The Labute approximate surface area is 78.9 Å². The van der Waals surface area contributed by atoms with Gasteiger partial charge in [0, 0.05) is 17.8 Å². The van der Waals surface area contributed by atoms with Gasteiger partial charge in [0.1, 0.15) is 0 Å². The van der Waals surface area contributed by atoms with Gasteiger partial charge in [-0.1, -0.05) is 0 Å². The first-order valence-electron chi connectivity index (χ1n) is 3.73. The van der Waals surface area contributed by atoms with Crippen molar-refractivity contribution >= 4 is 17.6 Å². The fourth-order valence-electron chi connectivity index (χ4n) is 1.06. The van der Waals surface area contributed by atoms with E-state index in [1.165, 1.54) is 0 Å². The Balaban J connectivity index is 2.23. The summed E-state index contributed by atoms with van der Waals surface area (Å²) in [5.74, 6) is 0.438. The number of hydrogen-bond acceptors (Lipinski definition) is 4. The van der Waals surface area contributed by atoms with Crippen LogP contribution in [0.3, 0.4) is 0 Å². The van der Waals surface area contributed by atoms with E-state index in [-0.39, 0.29) is 0 Å². The Kier molecular flexibility index (Phi) is 2.18. The molecule has 2 aromatic rings. The van der Waals surface area contributed by atoms with Crippen LogP contribution in [0.5, 0.6) is 0 Å². The van der Waals surface area contributed by atoms with Crippen molar-refractivity contribution in [3.05, 3.63) is 34.8 Å². The molecule has 2 heterocycles. The minimum atomic E-state index is 0.438. The van der Waals surface area contributed by atoms with Gasteiger partial charge in [-0.15, -0.1) is 11.3 Å². The molecular weight excluding hydrogens is 186 g/mol. The van der Waals surface area contributed by atoms with E-state index in [1.807, 2.05) is 5.38 Å². The number of nitrogens with zero attached hydrogens (tertiary/aromatic N) is 3. The lowest BCUT2D eigenvalue weighted by Gasteiger charge is -1.99. The molecule has 0 aliphatic carbocycles. The first-order chi connectivity index (χ1) is 6.40. The van der Waals surface area contributed by atoms with Crippen LogP contribution in [-0.2, 0) is 6.54 Å². The topological polar surface area (TPSA) is 47.8 Å². The van der Waals surface area contributed by atoms with Crippen LogP contribution in [0, 0.1) is 0 Å². The van der Waals surface area contributed by atoms with E-state index in [1.54, 1.807) is 33.8 Å². The molecule has 0 aliphatic heterocycles. The molecule has 0 fully saturated rings. The molecular formula is C8H7N3OS. The lowest BCUT2D eigenvalue weighted by Crippen LogP contribution is -2.03. The Hall–Kier alpha value is -1.49. The fraction of sp³-hybridized carbons (Fsp3) is 0.125. The lowest BCUT2D eigenvalue weighted by molar-refractivity contribution is 0.111. The predicted octanol–water partition coefficient (Wildman–Crippen LogP) is 1.20. The van der Waals surface area contributed by atoms with Gasteiger partial charge in [0.15, 0.2) is 12.1 Å². The van der Waals surface area contributed by atoms with Crippen LogP contribution in [0.25, 0.3) is 0 Å². The van der Waals surface area contributed by atoms with Gasteiger partial charge in [0.05, 0.1) is 17.7 Å². The lowest BCUT2D eigenvalue weighted by atomic mass is 10.5. The van der Waals surface area contributed by atoms with Crippen molar-refractivity contribution in [1.29, 1.82) is 0 Å². The molecule has 0 saturated heterocycles. The molecule has 0 spiro atoms. The molecule has 0 N–H and O–H groups in total. The summed E-state index contributed by atoms with van der Waals surface area (Å²) in [6.45, 7) is 0.609. The molecule has 0 bridgehead atoms. The number of rotatable bonds is 3. The Morgan fingerprint density at radius 1 is 1.54 bits per heavy atom. The number of carbonyl (C=O) groups excluding carboxylic acids is 1. The molecule has 0 saturated carbocycles. The van der Waals surface area contributed by atoms with Crippen molar-refractivity contribution in [3.8, 4) is 0 Å². The normalized spacial score (nSPS) is 10.2. The van der Waals surface area contributed by atoms with Gasteiger partial charge in [0.25, 0.3) is 0 Å². The highest BCUT2D eigenvalue weighted by Crippen LogP contribution is 2.04. The van der Waals surface area contributed by atoms with Crippen molar-refractivity contribution < 1.29 is 4.79 Å². The van der Waals surface area contributed by atoms with Crippen LogP contribution in [0.2, 0.25) is 0 Å². The van der Waals surface area contributed by atoms with Crippen molar-refractivity contribution in [2.75, 3.05) is 0 Å². The monoisotopic (exact) mass is 193 g/mol. The molecule has 0 radical (unpaired) electrons. The SMILES string of the molecule is O=Cc1nccn1Cc1cscn1. The van der Waals surface area contributed by atoms with Crippen LogP contribution < -0.4 is 0 Å². The van der Waals surface area contributed by atoms with Crippen molar-refractivity contribution in [2.45, 2.75) is 6.54 Å². The highest BCUT2D eigenvalue weighted by Gasteiger charge is 2.02. The summed E-state index contributed by atoms with van der Waals surface area (Å²) in [5, 5.41) is 1.95. The van der Waals surface area contributed by atoms with Gasteiger partial charge in [-0.25, -0.2) is 9.97 Å². The van der Waals surface area contributed by atoms with Crippen molar-refractivity contribution in [3.63, 3.8) is 0 Å². The Bertz CT molecular complexity index is 393. The summed E-state index contributed by atoms with van der Waals surface area (Å²) in [7, 11) is 0. The van der Waals surface area contributed by atoms with E-state index in [4.69, 9.17) is 0 Å². The summed E-state index contributed by atoms with van der Waals surface area (Å²) in [4.78, 5) is 18.5.